The van der Waals surface area contributed by atoms with Crippen molar-refractivity contribution in [2.45, 2.75) is 24.8 Å². The average molecular weight is 126 g/mol. The third-order valence-electron chi connectivity index (χ3n) is 1.61. The number of rotatable bonds is 1. The second-order valence-corrected chi connectivity index (χ2v) is 2.48. The monoisotopic (exact) mass is 126 g/mol. The smallest absolute Gasteiger partial charge is 0.0805 e. The summed E-state index contributed by atoms with van der Waals surface area (Å²) in [5.41, 5.74) is 0. The molecule has 2 unspecified atom stereocenters. The van der Waals surface area contributed by atoms with E-state index in [-0.39, 0.29) is 18.5 Å². The maximum Gasteiger partial charge on any atom is 0.0805 e. The lowest BCUT2D eigenvalue weighted by Gasteiger charge is -2.25. The van der Waals surface area contributed by atoms with Crippen LogP contribution in [0.15, 0.2) is 0 Å². The Balaban J connectivity index is 2.18. The quantitative estimate of drug-likeness (QED) is 0.505. The molecule has 50 valence electrons. The van der Waals surface area contributed by atoms with E-state index in [0.29, 0.717) is 6.61 Å². The van der Waals surface area contributed by atoms with E-state index in [1.165, 1.54) is 0 Å². The first kappa shape index (κ1) is 7.10. The van der Waals surface area contributed by atoms with Crippen LogP contribution in [0, 0.1) is 0 Å². The fraction of sp³-hybridized carbons (Fsp3) is 1.00. The fourth-order valence-electron chi connectivity index (χ4n) is 0.970. The highest BCUT2D eigenvalue weighted by atomic mass is 16.5. The maximum atomic E-state index is 8.61. The molecule has 0 aromatic carbocycles. The van der Waals surface area contributed by atoms with Gasteiger partial charge in [-0.25, -0.2) is 0 Å². The Morgan fingerprint density at radius 2 is 2.33 bits per heavy atom. The molecule has 0 aromatic rings. The summed E-state index contributed by atoms with van der Waals surface area (Å²) in [4.78, 5) is 0. The molecule has 2 radical (unpaired) electrons. The summed E-state index contributed by atoms with van der Waals surface area (Å²) >= 11 is 0. The van der Waals surface area contributed by atoms with E-state index in [9.17, 15) is 0 Å². The SMILES string of the molecule is [B]C1CCC(CO)OC1. The zero-order chi connectivity index (χ0) is 6.69. The fourth-order valence-corrected chi connectivity index (χ4v) is 0.970. The van der Waals surface area contributed by atoms with Gasteiger partial charge in [0.05, 0.1) is 20.6 Å². The van der Waals surface area contributed by atoms with Crippen molar-refractivity contribution < 1.29 is 9.84 Å². The Hall–Kier alpha value is -0.0151. The number of aliphatic hydroxyl groups is 1. The molecule has 0 spiro atoms. The van der Waals surface area contributed by atoms with Crippen molar-refractivity contribution in [3.05, 3.63) is 0 Å². The van der Waals surface area contributed by atoms with Gasteiger partial charge >= 0.3 is 0 Å². The molecule has 1 saturated heterocycles. The van der Waals surface area contributed by atoms with E-state index in [0.717, 1.165) is 12.8 Å². The summed E-state index contributed by atoms with van der Waals surface area (Å²) in [6.45, 7) is 0.734. The van der Waals surface area contributed by atoms with Crippen molar-refractivity contribution in [2.24, 2.45) is 0 Å². The third kappa shape index (κ3) is 1.99. The van der Waals surface area contributed by atoms with Crippen molar-refractivity contribution in [2.75, 3.05) is 13.2 Å². The minimum Gasteiger partial charge on any atom is -0.394 e. The second kappa shape index (κ2) is 3.23. The standard InChI is InChI=1S/C6H11BO2/c7-5-1-2-6(3-8)9-4-5/h5-6,8H,1-4H2. The Morgan fingerprint density at radius 3 is 2.78 bits per heavy atom. The molecule has 1 rings (SSSR count). The van der Waals surface area contributed by atoms with Gasteiger partial charge in [-0.1, -0.05) is 12.2 Å². The van der Waals surface area contributed by atoms with Crippen LogP contribution in [0.2, 0.25) is 5.82 Å². The van der Waals surface area contributed by atoms with Crippen LogP contribution in [-0.2, 0) is 4.74 Å². The molecule has 0 amide bonds. The highest BCUT2D eigenvalue weighted by molar-refractivity contribution is 6.11. The van der Waals surface area contributed by atoms with Gasteiger partial charge in [0.25, 0.3) is 0 Å². The highest BCUT2D eigenvalue weighted by Crippen LogP contribution is 2.19. The van der Waals surface area contributed by atoms with Crippen LogP contribution in [0.3, 0.4) is 0 Å². The van der Waals surface area contributed by atoms with E-state index in [2.05, 4.69) is 0 Å². The van der Waals surface area contributed by atoms with Crippen LogP contribution in [0.5, 0.6) is 0 Å². The molecule has 3 heteroatoms. The van der Waals surface area contributed by atoms with Crippen LogP contribution >= 0.6 is 0 Å². The topological polar surface area (TPSA) is 29.5 Å². The first-order valence-corrected chi connectivity index (χ1v) is 3.31. The Kier molecular flexibility index (Phi) is 2.55. The molecule has 0 saturated carbocycles. The molecule has 1 N–H and O–H groups in total. The lowest BCUT2D eigenvalue weighted by Crippen LogP contribution is -2.25. The number of hydrogen-bond acceptors (Lipinski definition) is 2. The van der Waals surface area contributed by atoms with Gasteiger partial charge in [-0.15, -0.1) is 0 Å². The molecule has 0 aliphatic carbocycles. The van der Waals surface area contributed by atoms with Crippen molar-refractivity contribution in [3.8, 4) is 0 Å². The van der Waals surface area contributed by atoms with Gasteiger partial charge in [0.15, 0.2) is 0 Å². The maximum absolute atomic E-state index is 8.61. The van der Waals surface area contributed by atoms with Crippen LogP contribution in [0.25, 0.3) is 0 Å². The minimum absolute atomic E-state index is 0.0461. The number of hydrogen-bond donors (Lipinski definition) is 1. The van der Waals surface area contributed by atoms with E-state index < -0.39 is 0 Å². The van der Waals surface area contributed by atoms with Gasteiger partial charge in [0.1, 0.15) is 0 Å². The van der Waals surface area contributed by atoms with Crippen LogP contribution in [0.4, 0.5) is 0 Å². The molecule has 1 heterocycles. The molecule has 1 aliphatic heterocycles. The third-order valence-corrected chi connectivity index (χ3v) is 1.61. The van der Waals surface area contributed by atoms with Gasteiger partial charge in [0.2, 0.25) is 0 Å². The minimum atomic E-state index is 0.0461. The first-order valence-electron chi connectivity index (χ1n) is 3.31. The Labute approximate surface area is 56.6 Å². The molecular weight excluding hydrogens is 115 g/mol. The average Bonchev–Trinajstić information content (AvgIpc) is 1.90. The van der Waals surface area contributed by atoms with Gasteiger partial charge < -0.3 is 9.84 Å². The predicted octanol–water partition coefficient (Wildman–Crippen LogP) is 0.115. The summed E-state index contributed by atoms with van der Waals surface area (Å²) in [7, 11) is 5.55. The van der Waals surface area contributed by atoms with Gasteiger partial charge in [-0.05, 0) is 6.42 Å². The molecule has 0 aromatic heterocycles. The molecule has 0 bridgehead atoms. The first-order chi connectivity index (χ1) is 4.33. The summed E-state index contributed by atoms with van der Waals surface area (Å²) in [6, 6.07) is 0. The summed E-state index contributed by atoms with van der Waals surface area (Å²) in [5, 5.41) is 8.61. The van der Waals surface area contributed by atoms with Crippen LogP contribution in [0.1, 0.15) is 12.8 Å². The summed E-state index contributed by atoms with van der Waals surface area (Å²) in [6.07, 6.45) is 1.92. The van der Waals surface area contributed by atoms with E-state index in [4.69, 9.17) is 17.7 Å². The second-order valence-electron chi connectivity index (χ2n) is 2.48. The molecule has 2 nitrogen and oxygen atoms in total. The highest BCUT2D eigenvalue weighted by Gasteiger charge is 2.16. The van der Waals surface area contributed by atoms with Crippen LogP contribution < -0.4 is 0 Å². The van der Waals surface area contributed by atoms with Crippen molar-refractivity contribution >= 4 is 7.85 Å². The normalized spacial score (nSPS) is 36.6. The van der Waals surface area contributed by atoms with Gasteiger partial charge in [0, 0.05) is 6.61 Å². The zero-order valence-electron chi connectivity index (χ0n) is 5.42. The zero-order valence-corrected chi connectivity index (χ0v) is 5.42. The Bertz CT molecular complexity index is 79.1. The summed E-state index contributed by atoms with van der Waals surface area (Å²) < 4.78 is 5.16. The molecule has 2 atom stereocenters. The van der Waals surface area contributed by atoms with E-state index in [1.54, 1.807) is 0 Å². The lowest BCUT2D eigenvalue weighted by molar-refractivity contribution is -0.0166. The van der Waals surface area contributed by atoms with Gasteiger partial charge in [-0.3, -0.25) is 0 Å². The summed E-state index contributed by atoms with van der Waals surface area (Å²) in [5.74, 6) is 0.188. The van der Waals surface area contributed by atoms with Gasteiger partial charge in [-0.2, -0.15) is 0 Å². The van der Waals surface area contributed by atoms with Crippen LogP contribution in [-0.4, -0.2) is 32.3 Å². The van der Waals surface area contributed by atoms with E-state index >= 15 is 0 Å². The van der Waals surface area contributed by atoms with Crippen molar-refractivity contribution in [3.63, 3.8) is 0 Å². The molecular formula is C6H11BO2. The number of ether oxygens (including phenoxy) is 1. The Morgan fingerprint density at radius 1 is 1.56 bits per heavy atom. The van der Waals surface area contributed by atoms with Crippen molar-refractivity contribution in [1.82, 2.24) is 0 Å². The lowest BCUT2D eigenvalue weighted by atomic mass is 9.82. The predicted molar refractivity (Wildman–Crippen MR) is 35.6 cm³/mol. The number of aliphatic hydroxyl groups excluding tert-OH is 1. The molecule has 1 aliphatic rings. The largest absolute Gasteiger partial charge is 0.394 e. The van der Waals surface area contributed by atoms with Crippen molar-refractivity contribution in [1.29, 1.82) is 0 Å². The molecule has 9 heavy (non-hydrogen) atoms. The van der Waals surface area contributed by atoms with E-state index in [1.807, 2.05) is 0 Å². The molecule has 1 fully saturated rings.